The summed E-state index contributed by atoms with van der Waals surface area (Å²) in [5.41, 5.74) is 0.235. The number of rotatable bonds is 5. The third-order valence-corrected chi connectivity index (χ3v) is 4.92. The third-order valence-electron chi connectivity index (χ3n) is 4.92. The van der Waals surface area contributed by atoms with Gasteiger partial charge < -0.3 is 0 Å². The summed E-state index contributed by atoms with van der Waals surface area (Å²) in [5, 5.41) is 1.01. The highest BCUT2D eigenvalue weighted by atomic mass is 19.1. The van der Waals surface area contributed by atoms with E-state index in [2.05, 4.69) is 9.97 Å². The third kappa shape index (κ3) is 5.97. The van der Waals surface area contributed by atoms with Gasteiger partial charge in [0.1, 0.15) is 29.6 Å². The zero-order valence-corrected chi connectivity index (χ0v) is 19.1. The molecule has 1 amide bonds. The Kier molecular flexibility index (Phi) is 8.58. The van der Waals surface area contributed by atoms with Gasteiger partial charge in [-0.05, 0) is 48.5 Å². The molecule has 0 unspecified atom stereocenters. The maximum absolute atomic E-state index is 13.7. The van der Waals surface area contributed by atoms with Gasteiger partial charge in [0, 0.05) is 30.6 Å². The van der Waals surface area contributed by atoms with Crippen molar-refractivity contribution in [2.75, 3.05) is 14.2 Å². The van der Waals surface area contributed by atoms with Crippen LogP contribution in [0.25, 0.3) is 22.5 Å². The average molecular weight is 497 g/mol. The van der Waals surface area contributed by atoms with E-state index in [0.717, 1.165) is 29.3 Å². The van der Waals surface area contributed by atoms with Crippen LogP contribution in [0.3, 0.4) is 0 Å². The van der Waals surface area contributed by atoms with Gasteiger partial charge in [0.05, 0.1) is 29.6 Å². The van der Waals surface area contributed by atoms with Crippen LogP contribution in [0.2, 0.25) is 0 Å². The number of benzene rings is 2. The molecule has 0 saturated heterocycles. The molecule has 0 bridgehead atoms. The standard InChI is InChI=1S/C14H12F2N2O2.C12H7F2NO/c1-18(20-2)14(19)9-6-7-17-12(8-9)13-10(15)4-3-5-11(13)16;13-9-2-1-3-10(14)12(9)11-6-8(7-16)4-5-15-11/h3-8H,1-2H3;1-7H. The van der Waals surface area contributed by atoms with E-state index in [-0.39, 0.29) is 28.1 Å². The molecule has 10 heteroatoms. The fraction of sp³-hybridized carbons (Fsp3) is 0.0769. The Morgan fingerprint density at radius 1 is 0.806 bits per heavy atom. The van der Waals surface area contributed by atoms with Crippen LogP contribution in [-0.2, 0) is 4.84 Å². The molecule has 0 saturated carbocycles. The molecule has 6 nitrogen and oxygen atoms in total. The summed E-state index contributed by atoms with van der Waals surface area (Å²) >= 11 is 0. The van der Waals surface area contributed by atoms with Crippen LogP contribution >= 0.6 is 0 Å². The minimum Gasteiger partial charge on any atom is -0.298 e. The molecule has 4 aromatic rings. The molecule has 184 valence electrons. The lowest BCUT2D eigenvalue weighted by molar-refractivity contribution is -0.0757. The first-order chi connectivity index (χ1) is 17.3. The largest absolute Gasteiger partial charge is 0.298 e. The zero-order chi connectivity index (χ0) is 26.2. The summed E-state index contributed by atoms with van der Waals surface area (Å²) in [7, 11) is 2.78. The summed E-state index contributed by atoms with van der Waals surface area (Å²) in [5.74, 6) is -3.30. The predicted octanol–water partition coefficient (Wildman–Crippen LogP) is 5.50. The number of pyridine rings is 2. The molecule has 4 rings (SSSR count). The van der Waals surface area contributed by atoms with E-state index < -0.39 is 29.2 Å². The predicted molar refractivity (Wildman–Crippen MR) is 124 cm³/mol. The van der Waals surface area contributed by atoms with Gasteiger partial charge >= 0.3 is 0 Å². The molecule has 0 aliphatic heterocycles. The van der Waals surface area contributed by atoms with Crippen molar-refractivity contribution in [3.63, 3.8) is 0 Å². The quantitative estimate of drug-likeness (QED) is 0.207. The highest BCUT2D eigenvalue weighted by molar-refractivity contribution is 5.94. The molecular formula is C26H19F4N3O3. The number of carbonyl (C=O) groups is 2. The first-order valence-corrected chi connectivity index (χ1v) is 10.3. The maximum atomic E-state index is 13.7. The van der Waals surface area contributed by atoms with E-state index in [1.165, 1.54) is 62.9 Å². The molecule has 0 N–H and O–H groups in total. The van der Waals surface area contributed by atoms with Gasteiger partial charge in [-0.25, -0.2) is 22.6 Å². The zero-order valence-electron chi connectivity index (χ0n) is 19.1. The summed E-state index contributed by atoms with van der Waals surface area (Å²) in [4.78, 5) is 35.0. The second-order valence-corrected chi connectivity index (χ2v) is 7.20. The topological polar surface area (TPSA) is 72.4 Å². The number of carbonyl (C=O) groups excluding carboxylic acids is 2. The van der Waals surface area contributed by atoms with Crippen molar-refractivity contribution in [2.24, 2.45) is 0 Å². The van der Waals surface area contributed by atoms with Crippen molar-refractivity contribution in [2.45, 2.75) is 0 Å². The Bertz CT molecular complexity index is 1360. The number of hydrogen-bond acceptors (Lipinski definition) is 5. The molecule has 2 aromatic carbocycles. The summed E-state index contributed by atoms with van der Waals surface area (Å²) in [6, 6.07) is 12.7. The Balaban J connectivity index is 0.000000205. The van der Waals surface area contributed by atoms with Crippen LogP contribution in [0.1, 0.15) is 20.7 Å². The van der Waals surface area contributed by atoms with E-state index in [1.54, 1.807) is 0 Å². The molecule has 0 aliphatic carbocycles. The van der Waals surface area contributed by atoms with Crippen LogP contribution in [0.4, 0.5) is 17.6 Å². The maximum Gasteiger partial charge on any atom is 0.277 e. The van der Waals surface area contributed by atoms with E-state index in [4.69, 9.17) is 4.84 Å². The van der Waals surface area contributed by atoms with Crippen LogP contribution < -0.4 is 0 Å². The van der Waals surface area contributed by atoms with E-state index in [1.807, 2.05) is 0 Å². The minimum absolute atomic E-state index is 0.0518. The van der Waals surface area contributed by atoms with Crippen LogP contribution in [0.5, 0.6) is 0 Å². The van der Waals surface area contributed by atoms with E-state index >= 15 is 0 Å². The molecule has 0 atom stereocenters. The van der Waals surface area contributed by atoms with Crippen LogP contribution in [0, 0.1) is 23.3 Å². The van der Waals surface area contributed by atoms with Gasteiger partial charge in [-0.15, -0.1) is 0 Å². The molecule has 0 fully saturated rings. The lowest BCUT2D eigenvalue weighted by atomic mass is 10.1. The van der Waals surface area contributed by atoms with Gasteiger partial charge in [0.2, 0.25) is 0 Å². The summed E-state index contributed by atoms with van der Waals surface area (Å²) in [6.45, 7) is 0. The van der Waals surface area contributed by atoms with E-state index in [0.29, 0.717) is 11.8 Å². The number of aromatic nitrogens is 2. The Labute approximate surface area is 203 Å². The molecule has 0 spiro atoms. The molecular weight excluding hydrogens is 478 g/mol. The Morgan fingerprint density at radius 3 is 1.75 bits per heavy atom. The number of aldehydes is 1. The number of hydrogen-bond donors (Lipinski definition) is 0. The van der Waals surface area contributed by atoms with Gasteiger partial charge in [-0.3, -0.25) is 24.4 Å². The molecule has 2 aromatic heterocycles. The number of amides is 1. The number of nitrogens with zero attached hydrogens (tertiary/aromatic N) is 3. The second kappa shape index (κ2) is 11.8. The van der Waals surface area contributed by atoms with Gasteiger partial charge in [-0.2, -0.15) is 0 Å². The summed E-state index contributed by atoms with van der Waals surface area (Å²) < 4.78 is 54.2. The van der Waals surface area contributed by atoms with Gasteiger partial charge in [0.15, 0.2) is 0 Å². The van der Waals surface area contributed by atoms with Crippen molar-refractivity contribution in [1.29, 1.82) is 0 Å². The minimum atomic E-state index is -0.734. The number of hydroxylamine groups is 2. The van der Waals surface area contributed by atoms with Crippen molar-refractivity contribution >= 4 is 12.2 Å². The molecule has 0 aliphatic rings. The highest BCUT2D eigenvalue weighted by Crippen LogP contribution is 2.25. The van der Waals surface area contributed by atoms with Crippen molar-refractivity contribution in [3.05, 3.63) is 107 Å². The molecule has 2 heterocycles. The SMILES string of the molecule is CON(C)C(=O)c1ccnc(-c2c(F)cccc2F)c1.O=Cc1ccnc(-c2c(F)cccc2F)c1. The van der Waals surface area contributed by atoms with E-state index in [9.17, 15) is 27.2 Å². The molecule has 0 radical (unpaired) electrons. The Hall–Kier alpha value is -4.44. The highest BCUT2D eigenvalue weighted by Gasteiger charge is 2.16. The normalized spacial score (nSPS) is 10.3. The fourth-order valence-corrected chi connectivity index (χ4v) is 3.11. The van der Waals surface area contributed by atoms with Crippen LogP contribution in [-0.4, -0.2) is 41.4 Å². The lowest BCUT2D eigenvalue weighted by Gasteiger charge is -2.14. The van der Waals surface area contributed by atoms with Gasteiger partial charge in [0.25, 0.3) is 5.91 Å². The first kappa shape index (κ1) is 26.2. The fourth-order valence-electron chi connectivity index (χ4n) is 3.11. The average Bonchev–Trinajstić information content (AvgIpc) is 2.88. The lowest BCUT2D eigenvalue weighted by Crippen LogP contribution is -2.25. The first-order valence-electron chi connectivity index (χ1n) is 10.3. The van der Waals surface area contributed by atoms with Crippen molar-refractivity contribution < 1.29 is 32.0 Å². The molecule has 36 heavy (non-hydrogen) atoms. The van der Waals surface area contributed by atoms with Crippen molar-refractivity contribution in [1.82, 2.24) is 15.0 Å². The monoisotopic (exact) mass is 497 g/mol. The summed E-state index contributed by atoms with van der Waals surface area (Å²) in [6.07, 6.45) is 3.26. The number of halogens is 4. The second-order valence-electron chi connectivity index (χ2n) is 7.20. The van der Waals surface area contributed by atoms with Gasteiger partial charge in [-0.1, -0.05) is 12.1 Å². The smallest absolute Gasteiger partial charge is 0.277 e. The van der Waals surface area contributed by atoms with Crippen molar-refractivity contribution in [3.8, 4) is 22.5 Å². The Morgan fingerprint density at radius 2 is 1.28 bits per heavy atom. The van der Waals surface area contributed by atoms with Crippen LogP contribution in [0.15, 0.2) is 73.1 Å².